The van der Waals surface area contributed by atoms with Crippen LogP contribution >= 0.6 is 0 Å². The Labute approximate surface area is 115 Å². The van der Waals surface area contributed by atoms with E-state index in [9.17, 15) is 9.50 Å². The van der Waals surface area contributed by atoms with Crippen LogP contribution in [0.25, 0.3) is 0 Å². The molecule has 1 saturated carbocycles. The van der Waals surface area contributed by atoms with Crippen molar-refractivity contribution in [1.29, 1.82) is 0 Å². The molecule has 0 radical (unpaired) electrons. The first-order valence-electron chi connectivity index (χ1n) is 7.30. The molecule has 19 heavy (non-hydrogen) atoms. The van der Waals surface area contributed by atoms with Gasteiger partial charge in [0.15, 0.2) is 0 Å². The van der Waals surface area contributed by atoms with E-state index in [2.05, 4.69) is 5.32 Å². The molecule has 0 unspecified atom stereocenters. The van der Waals surface area contributed by atoms with Gasteiger partial charge in [0.2, 0.25) is 0 Å². The van der Waals surface area contributed by atoms with Crippen LogP contribution in [-0.4, -0.2) is 17.3 Å². The van der Waals surface area contributed by atoms with Gasteiger partial charge in [-0.05, 0) is 37.5 Å². The minimum absolute atomic E-state index is 0.132. The van der Waals surface area contributed by atoms with Gasteiger partial charge in [0.05, 0.1) is 5.60 Å². The van der Waals surface area contributed by atoms with E-state index in [-0.39, 0.29) is 11.9 Å². The zero-order valence-corrected chi connectivity index (χ0v) is 11.7. The summed E-state index contributed by atoms with van der Waals surface area (Å²) in [5, 5.41) is 14.0. The van der Waals surface area contributed by atoms with Gasteiger partial charge in [0.1, 0.15) is 5.82 Å². The highest BCUT2D eigenvalue weighted by Gasteiger charge is 2.28. The molecule has 0 aromatic heterocycles. The molecule has 1 aliphatic carbocycles. The summed E-state index contributed by atoms with van der Waals surface area (Å²) in [4.78, 5) is 0. The molecule has 1 aromatic carbocycles. The maximum atomic E-state index is 12.9. The lowest BCUT2D eigenvalue weighted by molar-refractivity contribution is 0.0231. The summed E-state index contributed by atoms with van der Waals surface area (Å²) >= 11 is 0. The van der Waals surface area contributed by atoms with Gasteiger partial charge in [0, 0.05) is 12.6 Å². The van der Waals surface area contributed by atoms with Gasteiger partial charge < -0.3 is 10.4 Å². The summed E-state index contributed by atoms with van der Waals surface area (Å²) in [6.45, 7) is 2.67. The fraction of sp³-hybridized carbons (Fsp3) is 0.625. The van der Waals surface area contributed by atoms with Gasteiger partial charge in [-0.3, -0.25) is 0 Å². The number of rotatable bonds is 4. The molecule has 0 aliphatic heterocycles. The number of halogens is 1. The average Bonchev–Trinajstić information content (AvgIpc) is 2.62. The summed E-state index contributed by atoms with van der Waals surface area (Å²) in [7, 11) is 0. The molecule has 1 atom stereocenters. The fourth-order valence-electron chi connectivity index (χ4n) is 2.78. The van der Waals surface area contributed by atoms with E-state index in [4.69, 9.17) is 0 Å². The lowest BCUT2D eigenvalue weighted by Gasteiger charge is -2.29. The van der Waals surface area contributed by atoms with Crippen LogP contribution in [0.3, 0.4) is 0 Å². The van der Waals surface area contributed by atoms with Crippen LogP contribution in [0.2, 0.25) is 0 Å². The quantitative estimate of drug-likeness (QED) is 0.816. The van der Waals surface area contributed by atoms with Crippen LogP contribution in [-0.2, 0) is 0 Å². The minimum Gasteiger partial charge on any atom is -0.389 e. The predicted octanol–water partition coefficient (Wildman–Crippen LogP) is 3.56. The average molecular weight is 265 g/mol. The SMILES string of the molecule is C[C@H](NCC1(O)CCCCCC1)c1ccc(F)cc1. The monoisotopic (exact) mass is 265 g/mol. The topological polar surface area (TPSA) is 32.3 Å². The molecule has 1 fully saturated rings. The standard InChI is InChI=1S/C16H24FNO/c1-13(14-6-8-15(17)9-7-14)18-12-16(19)10-4-2-3-5-11-16/h6-9,13,18-19H,2-5,10-12H2,1H3/t13-/m0/s1. The third-order valence-electron chi connectivity index (χ3n) is 4.14. The maximum absolute atomic E-state index is 12.9. The second kappa shape index (κ2) is 6.49. The zero-order valence-electron chi connectivity index (χ0n) is 11.7. The van der Waals surface area contributed by atoms with E-state index in [0.717, 1.165) is 31.2 Å². The predicted molar refractivity (Wildman–Crippen MR) is 75.5 cm³/mol. The summed E-state index contributed by atoms with van der Waals surface area (Å²) in [5.74, 6) is -0.210. The van der Waals surface area contributed by atoms with Crippen molar-refractivity contribution in [3.05, 3.63) is 35.6 Å². The first kappa shape index (κ1) is 14.5. The molecule has 0 bridgehead atoms. The highest BCUT2D eigenvalue weighted by Crippen LogP contribution is 2.27. The highest BCUT2D eigenvalue weighted by atomic mass is 19.1. The van der Waals surface area contributed by atoms with Crippen molar-refractivity contribution in [2.75, 3.05) is 6.54 Å². The Morgan fingerprint density at radius 3 is 2.32 bits per heavy atom. The maximum Gasteiger partial charge on any atom is 0.123 e. The summed E-state index contributed by atoms with van der Waals surface area (Å²) in [6, 6.07) is 6.68. The van der Waals surface area contributed by atoms with Gasteiger partial charge >= 0.3 is 0 Å². The lowest BCUT2D eigenvalue weighted by atomic mass is 9.94. The number of hydrogen-bond donors (Lipinski definition) is 2. The van der Waals surface area contributed by atoms with Gasteiger partial charge in [-0.25, -0.2) is 4.39 Å². The van der Waals surface area contributed by atoms with E-state index in [1.807, 2.05) is 6.92 Å². The Kier molecular flexibility index (Phi) is 4.94. The van der Waals surface area contributed by atoms with Crippen LogP contribution < -0.4 is 5.32 Å². The van der Waals surface area contributed by atoms with Crippen LogP contribution in [0, 0.1) is 5.82 Å². The van der Waals surface area contributed by atoms with Gasteiger partial charge in [0.25, 0.3) is 0 Å². The Morgan fingerprint density at radius 2 is 1.74 bits per heavy atom. The first-order chi connectivity index (χ1) is 9.09. The molecule has 3 heteroatoms. The smallest absolute Gasteiger partial charge is 0.123 e. The number of hydrogen-bond acceptors (Lipinski definition) is 2. The van der Waals surface area contributed by atoms with Crippen molar-refractivity contribution in [3.8, 4) is 0 Å². The van der Waals surface area contributed by atoms with E-state index in [1.165, 1.54) is 25.0 Å². The molecule has 106 valence electrons. The molecule has 2 rings (SSSR count). The van der Waals surface area contributed by atoms with Crippen molar-refractivity contribution in [1.82, 2.24) is 5.32 Å². The Morgan fingerprint density at radius 1 is 1.16 bits per heavy atom. The largest absolute Gasteiger partial charge is 0.389 e. The minimum atomic E-state index is -0.565. The summed E-state index contributed by atoms with van der Waals surface area (Å²) in [5.41, 5.74) is 0.490. The fourth-order valence-corrected chi connectivity index (χ4v) is 2.78. The lowest BCUT2D eigenvalue weighted by Crippen LogP contribution is -2.41. The zero-order chi connectivity index (χ0) is 13.7. The van der Waals surface area contributed by atoms with Crippen LogP contribution in [0.4, 0.5) is 4.39 Å². The van der Waals surface area contributed by atoms with E-state index in [0.29, 0.717) is 6.54 Å². The Balaban J connectivity index is 1.88. The molecule has 0 amide bonds. The van der Waals surface area contributed by atoms with Crippen LogP contribution in [0.5, 0.6) is 0 Å². The number of nitrogens with one attached hydrogen (secondary N) is 1. The third kappa shape index (κ3) is 4.29. The number of benzene rings is 1. The van der Waals surface area contributed by atoms with Gasteiger partial charge in [-0.15, -0.1) is 0 Å². The van der Waals surface area contributed by atoms with Crippen molar-refractivity contribution < 1.29 is 9.50 Å². The normalized spacial score (nSPS) is 20.8. The van der Waals surface area contributed by atoms with Gasteiger partial charge in [-0.1, -0.05) is 37.8 Å². The van der Waals surface area contributed by atoms with Crippen LogP contribution in [0.15, 0.2) is 24.3 Å². The molecule has 1 aromatic rings. The Hall–Kier alpha value is -0.930. The number of aliphatic hydroxyl groups is 1. The van der Waals surface area contributed by atoms with E-state index >= 15 is 0 Å². The van der Waals surface area contributed by atoms with Crippen molar-refractivity contribution in [2.24, 2.45) is 0 Å². The van der Waals surface area contributed by atoms with Gasteiger partial charge in [-0.2, -0.15) is 0 Å². The van der Waals surface area contributed by atoms with Crippen molar-refractivity contribution in [3.63, 3.8) is 0 Å². The van der Waals surface area contributed by atoms with Crippen molar-refractivity contribution >= 4 is 0 Å². The molecule has 0 spiro atoms. The molecule has 2 nitrogen and oxygen atoms in total. The highest BCUT2D eigenvalue weighted by molar-refractivity contribution is 5.19. The molecule has 2 N–H and O–H groups in total. The molecule has 0 heterocycles. The van der Waals surface area contributed by atoms with Crippen LogP contribution in [0.1, 0.15) is 57.1 Å². The molecule has 1 aliphatic rings. The second-order valence-electron chi connectivity index (χ2n) is 5.79. The van der Waals surface area contributed by atoms with E-state index < -0.39 is 5.60 Å². The summed E-state index contributed by atoms with van der Waals surface area (Å²) < 4.78 is 12.9. The Bertz CT molecular complexity index is 382. The molecular weight excluding hydrogens is 241 g/mol. The van der Waals surface area contributed by atoms with Crippen molar-refractivity contribution in [2.45, 2.75) is 57.1 Å². The third-order valence-corrected chi connectivity index (χ3v) is 4.14. The first-order valence-corrected chi connectivity index (χ1v) is 7.30. The molecule has 0 saturated heterocycles. The molecular formula is C16H24FNO. The second-order valence-corrected chi connectivity index (χ2v) is 5.79. The van der Waals surface area contributed by atoms with E-state index in [1.54, 1.807) is 12.1 Å². The summed E-state index contributed by atoms with van der Waals surface area (Å²) in [6.07, 6.45) is 6.46.